The molecule has 1 aliphatic heterocycles. The lowest BCUT2D eigenvalue weighted by Crippen LogP contribution is -2.38. The normalized spacial score (nSPS) is 18.6. The fourth-order valence-corrected chi connectivity index (χ4v) is 2.54. The van der Waals surface area contributed by atoms with Crippen LogP contribution in [0.4, 0.5) is 18.9 Å². The van der Waals surface area contributed by atoms with Crippen LogP contribution in [0.1, 0.15) is 16.1 Å². The summed E-state index contributed by atoms with van der Waals surface area (Å²) in [5.74, 6) is -0.535. The van der Waals surface area contributed by atoms with Crippen LogP contribution >= 0.6 is 15.9 Å². The lowest BCUT2D eigenvalue weighted by molar-refractivity contribution is -0.115. The van der Waals surface area contributed by atoms with Crippen LogP contribution < -0.4 is 5.32 Å². The minimum atomic E-state index is -4.45. The van der Waals surface area contributed by atoms with E-state index in [1.54, 1.807) is 0 Å². The van der Waals surface area contributed by atoms with Gasteiger partial charge in [0.05, 0.1) is 19.3 Å². The van der Waals surface area contributed by atoms with Crippen molar-refractivity contribution >= 4 is 32.1 Å². The van der Waals surface area contributed by atoms with Crippen LogP contribution in [-0.4, -0.2) is 70.6 Å². The van der Waals surface area contributed by atoms with Crippen molar-refractivity contribution in [2.75, 3.05) is 38.2 Å². The number of hydrogen-bond acceptors (Lipinski definition) is 6. The van der Waals surface area contributed by atoms with E-state index in [-0.39, 0.29) is 47.9 Å². The van der Waals surface area contributed by atoms with Gasteiger partial charge in [0.2, 0.25) is 0 Å². The van der Waals surface area contributed by atoms with Crippen molar-refractivity contribution in [3.05, 3.63) is 23.5 Å². The summed E-state index contributed by atoms with van der Waals surface area (Å²) in [4.78, 5) is 17.8. The van der Waals surface area contributed by atoms with E-state index in [0.717, 1.165) is 12.3 Å². The number of aliphatic hydroxyl groups is 1. The highest BCUT2D eigenvalue weighted by Crippen LogP contribution is 2.22. The maximum Gasteiger partial charge on any atom is 0.405 e. The maximum absolute atomic E-state index is 12.5. The van der Waals surface area contributed by atoms with Crippen LogP contribution in [0.2, 0.25) is 0 Å². The molecule has 1 aliphatic rings. The molecule has 0 bridgehead atoms. The van der Waals surface area contributed by atoms with Gasteiger partial charge in [-0.25, -0.2) is 0 Å². The van der Waals surface area contributed by atoms with Gasteiger partial charge in [-0.1, -0.05) is 0 Å². The molecule has 2 rings (SSSR count). The first-order chi connectivity index (χ1) is 11.7. The first-order valence-corrected chi connectivity index (χ1v) is 8.07. The number of amides is 1. The van der Waals surface area contributed by atoms with Gasteiger partial charge in [-0.3, -0.25) is 15.2 Å². The lowest BCUT2D eigenvalue weighted by atomic mass is 10.2. The number of nitrogens with one attached hydrogen (secondary N) is 2. The number of nitrogens with zero attached hydrogens (tertiary/aromatic N) is 2. The molecule has 2 heterocycles. The topological polar surface area (TPSA) is 98.5 Å². The monoisotopic (exact) mass is 424 g/mol. The molecule has 1 atom stereocenters. The number of β-amino-alcohol motifs (C(OH)–C–C–N with tert-alkyl or cyclic N) is 1. The molecule has 7 nitrogen and oxygen atoms in total. The molecule has 25 heavy (non-hydrogen) atoms. The summed E-state index contributed by atoms with van der Waals surface area (Å²) in [5.41, 5.74) is -0.0273. The SMILES string of the molecule is N=C(Br)c1cnc(C(=O)N2CCOCC(O)C2)cc1NCC(F)(F)F. The number of rotatable bonds is 4. The number of aliphatic hydroxyl groups excluding tert-OH is 1. The van der Waals surface area contributed by atoms with Gasteiger partial charge in [-0.15, -0.1) is 0 Å². The molecule has 1 unspecified atom stereocenters. The van der Waals surface area contributed by atoms with Gasteiger partial charge in [0.15, 0.2) is 0 Å². The second-order valence-corrected chi connectivity index (χ2v) is 6.17. The number of carbonyl (C=O) groups is 1. The van der Waals surface area contributed by atoms with Crippen molar-refractivity contribution in [2.24, 2.45) is 0 Å². The third-order valence-electron chi connectivity index (χ3n) is 3.37. The molecule has 11 heteroatoms. The number of ether oxygens (including phenoxy) is 1. The molecule has 0 aliphatic carbocycles. The zero-order chi connectivity index (χ0) is 18.6. The summed E-state index contributed by atoms with van der Waals surface area (Å²) in [5, 5.41) is 19.4. The first-order valence-electron chi connectivity index (χ1n) is 7.27. The van der Waals surface area contributed by atoms with E-state index in [4.69, 9.17) is 10.1 Å². The summed E-state index contributed by atoms with van der Waals surface area (Å²) in [7, 11) is 0. The van der Waals surface area contributed by atoms with Crippen molar-refractivity contribution in [3.63, 3.8) is 0 Å². The van der Waals surface area contributed by atoms with Crippen LogP contribution in [-0.2, 0) is 4.74 Å². The Kier molecular flexibility index (Phi) is 6.36. The predicted molar refractivity (Wildman–Crippen MR) is 87.3 cm³/mol. The van der Waals surface area contributed by atoms with Gasteiger partial charge in [-0.05, 0) is 22.0 Å². The van der Waals surface area contributed by atoms with Gasteiger partial charge in [0, 0.05) is 30.5 Å². The predicted octanol–water partition coefficient (Wildman–Crippen LogP) is 1.61. The van der Waals surface area contributed by atoms with E-state index in [2.05, 4.69) is 26.2 Å². The zero-order valence-electron chi connectivity index (χ0n) is 12.9. The van der Waals surface area contributed by atoms with E-state index in [1.807, 2.05) is 0 Å². The van der Waals surface area contributed by atoms with Crippen molar-refractivity contribution < 1.29 is 27.8 Å². The van der Waals surface area contributed by atoms with Crippen LogP contribution in [0.25, 0.3) is 0 Å². The third kappa shape index (κ3) is 5.65. The molecule has 1 saturated heterocycles. The Morgan fingerprint density at radius 2 is 2.28 bits per heavy atom. The van der Waals surface area contributed by atoms with Crippen molar-refractivity contribution in [1.82, 2.24) is 9.88 Å². The van der Waals surface area contributed by atoms with Crippen LogP contribution in [0.3, 0.4) is 0 Å². The largest absolute Gasteiger partial charge is 0.405 e. The Labute approximate surface area is 149 Å². The zero-order valence-corrected chi connectivity index (χ0v) is 14.5. The Bertz CT molecular complexity index is 657. The van der Waals surface area contributed by atoms with Crippen LogP contribution in [0.5, 0.6) is 0 Å². The van der Waals surface area contributed by atoms with E-state index in [1.165, 1.54) is 4.90 Å². The Morgan fingerprint density at radius 1 is 1.56 bits per heavy atom. The molecule has 1 amide bonds. The molecular weight excluding hydrogens is 409 g/mol. The first kappa shape index (κ1) is 19.6. The average Bonchev–Trinajstić information content (AvgIpc) is 2.75. The van der Waals surface area contributed by atoms with E-state index in [0.29, 0.717) is 0 Å². The van der Waals surface area contributed by atoms with Crippen LogP contribution in [0, 0.1) is 5.41 Å². The molecule has 1 aromatic rings. The molecule has 1 aromatic heterocycles. The summed E-state index contributed by atoms with van der Waals surface area (Å²) in [6.45, 7) is -0.684. The highest BCUT2D eigenvalue weighted by atomic mass is 79.9. The molecule has 1 fully saturated rings. The Hall–Kier alpha value is -1.72. The second-order valence-electron chi connectivity index (χ2n) is 5.38. The lowest BCUT2D eigenvalue weighted by Gasteiger charge is -2.21. The third-order valence-corrected chi connectivity index (χ3v) is 3.80. The van der Waals surface area contributed by atoms with Gasteiger partial charge in [-0.2, -0.15) is 13.2 Å². The van der Waals surface area contributed by atoms with Crippen molar-refractivity contribution in [3.8, 4) is 0 Å². The second kappa shape index (κ2) is 8.11. The Morgan fingerprint density at radius 3 is 2.92 bits per heavy atom. The fraction of sp³-hybridized carbons (Fsp3) is 0.500. The number of hydrogen-bond donors (Lipinski definition) is 3. The number of carbonyl (C=O) groups excluding carboxylic acids is 1. The maximum atomic E-state index is 12.5. The minimum Gasteiger partial charge on any atom is -0.389 e. The van der Waals surface area contributed by atoms with E-state index in [9.17, 15) is 23.1 Å². The number of pyridine rings is 1. The highest BCUT2D eigenvalue weighted by molar-refractivity contribution is 9.18. The number of aromatic nitrogens is 1. The minimum absolute atomic E-state index is 0.0378. The Balaban J connectivity index is 2.25. The van der Waals surface area contributed by atoms with Crippen molar-refractivity contribution in [2.45, 2.75) is 12.3 Å². The number of halogens is 4. The summed E-state index contributed by atoms with van der Waals surface area (Å²) in [6, 6.07) is 1.16. The number of anilines is 1. The average molecular weight is 425 g/mol. The van der Waals surface area contributed by atoms with E-state index < -0.39 is 24.7 Å². The highest BCUT2D eigenvalue weighted by Gasteiger charge is 2.28. The van der Waals surface area contributed by atoms with Gasteiger partial charge >= 0.3 is 6.18 Å². The smallest absolute Gasteiger partial charge is 0.389 e. The number of alkyl halides is 3. The molecule has 138 valence electrons. The van der Waals surface area contributed by atoms with Gasteiger partial charge < -0.3 is 20.1 Å². The molecule has 0 aromatic carbocycles. The summed E-state index contributed by atoms with van der Waals surface area (Å²) < 4.78 is 42.3. The van der Waals surface area contributed by atoms with Gasteiger partial charge in [0.1, 0.15) is 16.9 Å². The molecule has 0 spiro atoms. The van der Waals surface area contributed by atoms with Gasteiger partial charge in [0.25, 0.3) is 5.91 Å². The fourth-order valence-electron chi connectivity index (χ4n) is 2.23. The quantitative estimate of drug-likeness (QED) is 0.637. The molecule has 3 N–H and O–H groups in total. The summed E-state index contributed by atoms with van der Waals surface area (Å²) >= 11 is 2.89. The van der Waals surface area contributed by atoms with Crippen molar-refractivity contribution in [1.29, 1.82) is 5.41 Å². The molecule has 0 saturated carbocycles. The standard InChI is InChI=1S/C14H16BrF3N4O3/c15-12(19)9-4-20-11(3-10(9)21-7-14(16,17)18)13(24)22-1-2-25-6-8(23)5-22/h3-4,8,19,23H,1-2,5-7H2,(H,20,21). The van der Waals surface area contributed by atoms with Crippen LogP contribution in [0.15, 0.2) is 12.3 Å². The van der Waals surface area contributed by atoms with E-state index >= 15 is 0 Å². The summed E-state index contributed by atoms with van der Waals surface area (Å²) in [6.07, 6.45) is -4.15. The molecule has 0 radical (unpaired) electrons. The molecular formula is C14H16BrF3N4O3.